The van der Waals surface area contributed by atoms with E-state index in [9.17, 15) is 4.79 Å². The molecule has 0 atom stereocenters. The monoisotopic (exact) mass is 205 g/mol. The highest BCUT2D eigenvalue weighted by Gasteiger charge is 2.13. The summed E-state index contributed by atoms with van der Waals surface area (Å²) < 4.78 is 0. The maximum atomic E-state index is 11.2. The van der Waals surface area contributed by atoms with E-state index in [1.807, 2.05) is 0 Å². The minimum absolute atomic E-state index is 0.00402. The second kappa shape index (κ2) is 4.38. The molecule has 15 heavy (non-hydrogen) atoms. The quantitative estimate of drug-likeness (QED) is 0.689. The summed E-state index contributed by atoms with van der Waals surface area (Å²) in [6.07, 6.45) is 5.18. The lowest BCUT2D eigenvalue weighted by Crippen LogP contribution is -2.30. The van der Waals surface area contributed by atoms with Gasteiger partial charge < -0.3 is 4.90 Å². The Morgan fingerprint density at radius 3 is 2.67 bits per heavy atom. The Kier molecular flexibility index (Phi) is 2.94. The van der Waals surface area contributed by atoms with Crippen LogP contribution in [-0.4, -0.2) is 28.8 Å². The fraction of sp³-hybridized carbons (Fsp3) is 0.545. The number of piperidine rings is 1. The van der Waals surface area contributed by atoms with Crippen LogP contribution in [0.5, 0.6) is 0 Å². The van der Waals surface area contributed by atoms with Crippen molar-refractivity contribution in [3.05, 3.63) is 18.1 Å². The second-order valence-corrected chi connectivity index (χ2v) is 3.87. The Morgan fingerprint density at radius 1 is 1.27 bits per heavy atom. The van der Waals surface area contributed by atoms with Crippen LogP contribution in [0.15, 0.2) is 12.4 Å². The first kappa shape index (κ1) is 10.1. The molecule has 0 unspecified atom stereocenters. The van der Waals surface area contributed by atoms with Gasteiger partial charge in [-0.2, -0.15) is 0 Å². The molecule has 4 nitrogen and oxygen atoms in total. The van der Waals surface area contributed by atoms with Gasteiger partial charge in [-0.15, -0.1) is 0 Å². The third kappa shape index (κ3) is 2.32. The van der Waals surface area contributed by atoms with Gasteiger partial charge in [-0.25, -0.2) is 9.97 Å². The van der Waals surface area contributed by atoms with Crippen molar-refractivity contribution in [2.24, 2.45) is 0 Å². The summed E-state index contributed by atoms with van der Waals surface area (Å²) in [5.74, 6) is 0.880. The Labute approximate surface area is 89.3 Å². The number of ketones is 1. The number of nitrogens with zero attached hydrogens (tertiary/aromatic N) is 3. The second-order valence-electron chi connectivity index (χ2n) is 3.87. The standard InChI is InChI=1S/C11H15N3O/c1-9(15)10-7-11(13-8-12-10)14-5-3-2-4-6-14/h7-8H,2-6H2,1H3. The third-order valence-corrected chi connectivity index (χ3v) is 2.69. The highest BCUT2D eigenvalue weighted by Crippen LogP contribution is 2.17. The number of anilines is 1. The molecule has 0 N–H and O–H groups in total. The fourth-order valence-electron chi connectivity index (χ4n) is 1.84. The lowest BCUT2D eigenvalue weighted by molar-refractivity contribution is 0.101. The van der Waals surface area contributed by atoms with Crippen LogP contribution in [0.2, 0.25) is 0 Å². The van der Waals surface area contributed by atoms with Crippen LogP contribution >= 0.6 is 0 Å². The van der Waals surface area contributed by atoms with E-state index in [-0.39, 0.29) is 5.78 Å². The zero-order chi connectivity index (χ0) is 10.7. The van der Waals surface area contributed by atoms with E-state index in [0.29, 0.717) is 5.69 Å². The van der Waals surface area contributed by atoms with Crippen molar-refractivity contribution in [2.75, 3.05) is 18.0 Å². The average Bonchev–Trinajstić information content (AvgIpc) is 2.30. The molecule has 0 amide bonds. The largest absolute Gasteiger partial charge is 0.357 e. The van der Waals surface area contributed by atoms with Gasteiger partial charge in [0, 0.05) is 26.1 Å². The maximum absolute atomic E-state index is 11.2. The summed E-state index contributed by atoms with van der Waals surface area (Å²) >= 11 is 0. The minimum Gasteiger partial charge on any atom is -0.357 e. The van der Waals surface area contributed by atoms with Gasteiger partial charge in [-0.1, -0.05) is 0 Å². The molecule has 0 aliphatic carbocycles. The summed E-state index contributed by atoms with van der Waals surface area (Å²) in [4.78, 5) is 21.5. The van der Waals surface area contributed by atoms with Crippen LogP contribution in [0.25, 0.3) is 0 Å². The Bertz CT molecular complexity index is 359. The molecule has 0 spiro atoms. The van der Waals surface area contributed by atoms with E-state index in [1.165, 1.54) is 32.5 Å². The summed E-state index contributed by atoms with van der Waals surface area (Å²) in [5, 5.41) is 0. The lowest BCUT2D eigenvalue weighted by atomic mass is 10.1. The van der Waals surface area contributed by atoms with E-state index < -0.39 is 0 Å². The first-order chi connectivity index (χ1) is 7.27. The average molecular weight is 205 g/mol. The number of aromatic nitrogens is 2. The molecule has 0 aromatic carbocycles. The minimum atomic E-state index is -0.00402. The van der Waals surface area contributed by atoms with E-state index in [1.54, 1.807) is 6.07 Å². The number of hydrogen-bond acceptors (Lipinski definition) is 4. The number of Topliss-reactive ketones (excluding diaryl/α,β-unsaturated/α-hetero) is 1. The summed E-state index contributed by atoms with van der Waals surface area (Å²) in [6.45, 7) is 3.60. The van der Waals surface area contributed by atoms with Gasteiger partial charge in [0.25, 0.3) is 0 Å². The van der Waals surface area contributed by atoms with Gasteiger partial charge in [0.05, 0.1) is 0 Å². The highest BCUT2D eigenvalue weighted by atomic mass is 16.1. The molecule has 1 aliphatic heterocycles. The molecule has 1 saturated heterocycles. The Hall–Kier alpha value is -1.45. The molecule has 80 valence electrons. The van der Waals surface area contributed by atoms with Gasteiger partial charge in [0.15, 0.2) is 5.78 Å². The van der Waals surface area contributed by atoms with Crippen LogP contribution in [0, 0.1) is 0 Å². The van der Waals surface area contributed by atoms with Crippen molar-refractivity contribution in [3.63, 3.8) is 0 Å². The lowest BCUT2D eigenvalue weighted by Gasteiger charge is -2.27. The summed E-state index contributed by atoms with van der Waals surface area (Å²) in [7, 11) is 0. The number of rotatable bonds is 2. The smallest absolute Gasteiger partial charge is 0.178 e. The molecule has 0 radical (unpaired) electrons. The zero-order valence-electron chi connectivity index (χ0n) is 8.94. The van der Waals surface area contributed by atoms with Gasteiger partial charge >= 0.3 is 0 Å². The van der Waals surface area contributed by atoms with Crippen molar-refractivity contribution in [3.8, 4) is 0 Å². The van der Waals surface area contributed by atoms with E-state index in [2.05, 4.69) is 14.9 Å². The Morgan fingerprint density at radius 2 is 2.00 bits per heavy atom. The van der Waals surface area contributed by atoms with Gasteiger partial charge in [0.2, 0.25) is 0 Å². The van der Waals surface area contributed by atoms with Crippen LogP contribution < -0.4 is 4.90 Å². The van der Waals surface area contributed by atoms with Crippen LogP contribution in [0.3, 0.4) is 0 Å². The molecule has 1 aromatic heterocycles. The molecule has 2 heterocycles. The topological polar surface area (TPSA) is 46.1 Å². The van der Waals surface area contributed by atoms with Gasteiger partial charge in [0.1, 0.15) is 17.8 Å². The van der Waals surface area contributed by atoms with Crippen molar-refractivity contribution >= 4 is 11.6 Å². The van der Waals surface area contributed by atoms with Gasteiger partial charge in [-0.05, 0) is 19.3 Å². The summed E-state index contributed by atoms with van der Waals surface area (Å²) in [5.41, 5.74) is 0.505. The zero-order valence-corrected chi connectivity index (χ0v) is 8.94. The van der Waals surface area contributed by atoms with E-state index >= 15 is 0 Å². The Balaban J connectivity index is 2.19. The number of hydrogen-bond donors (Lipinski definition) is 0. The predicted octanol–water partition coefficient (Wildman–Crippen LogP) is 1.67. The van der Waals surface area contributed by atoms with E-state index in [0.717, 1.165) is 18.9 Å². The molecule has 4 heteroatoms. The SMILES string of the molecule is CC(=O)c1cc(N2CCCCC2)ncn1. The molecule has 1 aliphatic rings. The molecule has 0 bridgehead atoms. The van der Waals surface area contributed by atoms with Crippen LogP contribution in [-0.2, 0) is 0 Å². The van der Waals surface area contributed by atoms with Crippen molar-refractivity contribution < 1.29 is 4.79 Å². The van der Waals surface area contributed by atoms with E-state index in [4.69, 9.17) is 0 Å². The molecule has 2 rings (SSSR count). The van der Waals surface area contributed by atoms with Crippen LogP contribution in [0.4, 0.5) is 5.82 Å². The first-order valence-electron chi connectivity index (χ1n) is 5.35. The molecule has 0 saturated carbocycles. The number of carbonyl (C=O) groups excluding carboxylic acids is 1. The normalized spacial score (nSPS) is 16.5. The maximum Gasteiger partial charge on any atom is 0.178 e. The van der Waals surface area contributed by atoms with Crippen molar-refractivity contribution in [1.29, 1.82) is 0 Å². The van der Waals surface area contributed by atoms with Crippen LogP contribution in [0.1, 0.15) is 36.7 Å². The fourth-order valence-corrected chi connectivity index (χ4v) is 1.84. The number of carbonyl (C=O) groups is 1. The van der Waals surface area contributed by atoms with Crippen molar-refractivity contribution in [1.82, 2.24) is 9.97 Å². The molecular weight excluding hydrogens is 190 g/mol. The molecule has 1 fully saturated rings. The van der Waals surface area contributed by atoms with Crippen molar-refractivity contribution in [2.45, 2.75) is 26.2 Å². The first-order valence-corrected chi connectivity index (χ1v) is 5.35. The third-order valence-electron chi connectivity index (χ3n) is 2.69. The predicted molar refractivity (Wildman–Crippen MR) is 58.1 cm³/mol. The summed E-state index contributed by atoms with van der Waals surface area (Å²) in [6, 6.07) is 1.79. The highest BCUT2D eigenvalue weighted by molar-refractivity contribution is 5.92. The van der Waals surface area contributed by atoms with Gasteiger partial charge in [-0.3, -0.25) is 4.79 Å². The molecule has 1 aromatic rings. The molecular formula is C11H15N3O.